The molecule has 1 N–H and O–H groups in total. The van der Waals surface area contributed by atoms with Gasteiger partial charge in [0, 0.05) is 48.1 Å². The molecule has 0 bridgehead atoms. The zero-order chi connectivity index (χ0) is 26.4. The van der Waals surface area contributed by atoms with E-state index in [0.29, 0.717) is 28.8 Å². The molecule has 0 radical (unpaired) electrons. The van der Waals surface area contributed by atoms with Gasteiger partial charge in [0.2, 0.25) is 0 Å². The molecule has 0 aliphatic carbocycles. The van der Waals surface area contributed by atoms with Crippen LogP contribution in [0.2, 0.25) is 5.02 Å². The van der Waals surface area contributed by atoms with Gasteiger partial charge in [-0.25, -0.2) is 4.39 Å². The van der Waals surface area contributed by atoms with Crippen LogP contribution in [0, 0.1) is 12.7 Å². The Kier molecular flexibility index (Phi) is 8.84. The standard InChI is InChI=1S/C28H29ClFN3O3S/c1-3-35-26-16-20(28(37)33-14-12-32(13-15-33)23-9-7-22(30)8-10-23)5-11-25(26)36-18-27(34)31-24-17-21(29)6-4-19(24)2/h4-11,16-17H,3,12-15,18H2,1-2H3,(H,31,34). The molecule has 1 aliphatic heterocycles. The quantitative estimate of drug-likeness (QED) is 0.369. The first kappa shape index (κ1) is 26.7. The zero-order valence-electron chi connectivity index (χ0n) is 20.8. The molecule has 9 heteroatoms. The fourth-order valence-corrected chi connectivity index (χ4v) is 4.57. The van der Waals surface area contributed by atoms with E-state index in [1.165, 1.54) is 12.1 Å². The lowest BCUT2D eigenvalue weighted by Gasteiger charge is -2.37. The number of piperazine rings is 1. The summed E-state index contributed by atoms with van der Waals surface area (Å²) >= 11 is 11.8. The van der Waals surface area contributed by atoms with Gasteiger partial charge < -0.3 is 24.6 Å². The number of ether oxygens (including phenoxy) is 2. The Balaban J connectivity index is 1.37. The van der Waals surface area contributed by atoms with Crippen LogP contribution in [0.25, 0.3) is 0 Å². The largest absolute Gasteiger partial charge is 0.490 e. The summed E-state index contributed by atoms with van der Waals surface area (Å²) in [7, 11) is 0. The highest BCUT2D eigenvalue weighted by Gasteiger charge is 2.21. The highest BCUT2D eigenvalue weighted by Crippen LogP contribution is 2.30. The lowest BCUT2D eigenvalue weighted by molar-refractivity contribution is -0.118. The number of benzene rings is 3. The predicted octanol–water partition coefficient (Wildman–Crippen LogP) is 5.70. The molecule has 3 aromatic rings. The van der Waals surface area contributed by atoms with Crippen LogP contribution in [0.4, 0.5) is 15.8 Å². The maximum Gasteiger partial charge on any atom is 0.262 e. The van der Waals surface area contributed by atoms with Gasteiger partial charge in [-0.3, -0.25) is 4.79 Å². The number of nitrogens with one attached hydrogen (secondary N) is 1. The van der Waals surface area contributed by atoms with E-state index >= 15 is 0 Å². The van der Waals surface area contributed by atoms with Crippen molar-refractivity contribution in [1.82, 2.24) is 4.90 Å². The molecule has 4 rings (SSSR count). The van der Waals surface area contributed by atoms with Crippen LogP contribution in [0.1, 0.15) is 18.1 Å². The van der Waals surface area contributed by atoms with Crippen LogP contribution >= 0.6 is 23.8 Å². The fraction of sp³-hybridized carbons (Fsp3) is 0.286. The monoisotopic (exact) mass is 541 g/mol. The Morgan fingerprint density at radius 2 is 1.73 bits per heavy atom. The van der Waals surface area contributed by atoms with Gasteiger partial charge in [0.15, 0.2) is 18.1 Å². The number of anilines is 2. The number of amides is 1. The van der Waals surface area contributed by atoms with Gasteiger partial charge in [-0.2, -0.15) is 0 Å². The van der Waals surface area contributed by atoms with Crippen molar-refractivity contribution in [2.45, 2.75) is 13.8 Å². The predicted molar refractivity (Wildman–Crippen MR) is 150 cm³/mol. The lowest BCUT2D eigenvalue weighted by Crippen LogP contribution is -2.48. The SMILES string of the molecule is CCOc1cc(C(=S)N2CCN(c3ccc(F)cc3)CC2)ccc1OCC(=O)Nc1cc(Cl)ccc1C. The molecule has 194 valence electrons. The molecule has 0 aromatic heterocycles. The summed E-state index contributed by atoms with van der Waals surface area (Å²) in [6.07, 6.45) is 0. The van der Waals surface area contributed by atoms with Gasteiger partial charge >= 0.3 is 0 Å². The molecule has 0 atom stereocenters. The van der Waals surface area contributed by atoms with E-state index in [4.69, 9.17) is 33.3 Å². The average Bonchev–Trinajstić information content (AvgIpc) is 2.90. The minimum absolute atomic E-state index is 0.179. The number of rotatable bonds is 8. The first-order valence-electron chi connectivity index (χ1n) is 12.1. The molecule has 1 amide bonds. The van der Waals surface area contributed by atoms with Gasteiger partial charge in [-0.1, -0.05) is 29.9 Å². The molecule has 0 unspecified atom stereocenters. The topological polar surface area (TPSA) is 54.0 Å². The lowest BCUT2D eigenvalue weighted by atomic mass is 10.1. The third-order valence-electron chi connectivity index (χ3n) is 6.08. The van der Waals surface area contributed by atoms with E-state index < -0.39 is 0 Å². The van der Waals surface area contributed by atoms with Crippen LogP contribution in [0.3, 0.4) is 0 Å². The van der Waals surface area contributed by atoms with Crippen molar-refractivity contribution >= 4 is 46.1 Å². The third-order valence-corrected chi connectivity index (χ3v) is 6.81. The molecule has 0 spiro atoms. The maximum atomic E-state index is 13.2. The summed E-state index contributed by atoms with van der Waals surface area (Å²) in [6.45, 7) is 7.11. The second-order valence-electron chi connectivity index (χ2n) is 8.65. The molecule has 37 heavy (non-hydrogen) atoms. The Morgan fingerprint density at radius 1 is 1.00 bits per heavy atom. The second kappa shape index (κ2) is 12.3. The number of hydrogen-bond donors (Lipinski definition) is 1. The number of aryl methyl sites for hydroxylation is 1. The Hall–Kier alpha value is -3.36. The number of carbonyl (C=O) groups is 1. The molecular weight excluding hydrogens is 513 g/mol. The van der Waals surface area contributed by atoms with Gasteiger partial charge in [-0.15, -0.1) is 0 Å². The van der Waals surface area contributed by atoms with Crippen molar-refractivity contribution in [3.05, 3.63) is 82.6 Å². The normalized spacial score (nSPS) is 13.3. The first-order valence-corrected chi connectivity index (χ1v) is 12.9. The summed E-state index contributed by atoms with van der Waals surface area (Å²) < 4.78 is 24.8. The summed E-state index contributed by atoms with van der Waals surface area (Å²) in [5.41, 5.74) is 3.40. The summed E-state index contributed by atoms with van der Waals surface area (Å²) in [4.78, 5) is 17.6. The van der Waals surface area contributed by atoms with Crippen molar-refractivity contribution in [1.29, 1.82) is 0 Å². The number of thiocarbonyl (C=S) groups is 1. The van der Waals surface area contributed by atoms with E-state index in [1.807, 2.05) is 32.0 Å². The minimum atomic E-state index is -0.300. The van der Waals surface area contributed by atoms with E-state index in [9.17, 15) is 9.18 Å². The van der Waals surface area contributed by atoms with Crippen LogP contribution in [0.5, 0.6) is 11.5 Å². The molecule has 1 aliphatic rings. The van der Waals surface area contributed by atoms with Crippen molar-refractivity contribution in [3.8, 4) is 11.5 Å². The van der Waals surface area contributed by atoms with E-state index in [1.54, 1.807) is 30.3 Å². The van der Waals surface area contributed by atoms with Crippen molar-refractivity contribution in [2.24, 2.45) is 0 Å². The Labute approximate surface area is 226 Å². The maximum absolute atomic E-state index is 13.2. The van der Waals surface area contributed by atoms with Gasteiger partial charge in [-0.05, 0) is 74.0 Å². The molecular formula is C28H29ClFN3O3S. The smallest absolute Gasteiger partial charge is 0.262 e. The zero-order valence-corrected chi connectivity index (χ0v) is 22.4. The Bertz CT molecular complexity index is 1260. The van der Waals surface area contributed by atoms with Crippen LogP contribution in [0.15, 0.2) is 60.7 Å². The van der Waals surface area contributed by atoms with Gasteiger partial charge in [0.1, 0.15) is 10.8 Å². The van der Waals surface area contributed by atoms with E-state index in [-0.39, 0.29) is 18.3 Å². The summed E-state index contributed by atoms with van der Waals surface area (Å²) in [5.74, 6) is 0.455. The minimum Gasteiger partial charge on any atom is -0.490 e. The van der Waals surface area contributed by atoms with Crippen molar-refractivity contribution in [2.75, 3.05) is 49.6 Å². The third kappa shape index (κ3) is 6.90. The molecule has 1 fully saturated rings. The first-order chi connectivity index (χ1) is 17.8. The average molecular weight is 542 g/mol. The number of hydrogen-bond acceptors (Lipinski definition) is 5. The summed E-state index contributed by atoms with van der Waals surface area (Å²) in [6, 6.07) is 17.4. The van der Waals surface area contributed by atoms with Gasteiger partial charge in [0.05, 0.1) is 6.61 Å². The number of halogens is 2. The highest BCUT2D eigenvalue weighted by atomic mass is 35.5. The fourth-order valence-electron chi connectivity index (χ4n) is 4.09. The second-order valence-corrected chi connectivity index (χ2v) is 9.47. The summed E-state index contributed by atoms with van der Waals surface area (Å²) in [5, 5.41) is 3.37. The molecule has 1 heterocycles. The Morgan fingerprint density at radius 3 is 2.43 bits per heavy atom. The molecule has 6 nitrogen and oxygen atoms in total. The van der Waals surface area contributed by atoms with Gasteiger partial charge in [0.25, 0.3) is 5.91 Å². The molecule has 0 saturated carbocycles. The van der Waals surface area contributed by atoms with Crippen molar-refractivity contribution < 1.29 is 18.7 Å². The molecule has 1 saturated heterocycles. The van der Waals surface area contributed by atoms with Crippen LogP contribution in [-0.2, 0) is 4.79 Å². The van der Waals surface area contributed by atoms with Crippen LogP contribution in [-0.4, -0.2) is 55.2 Å². The highest BCUT2D eigenvalue weighted by molar-refractivity contribution is 7.80. The van der Waals surface area contributed by atoms with E-state index in [0.717, 1.165) is 48.0 Å². The number of nitrogens with zero attached hydrogens (tertiary/aromatic N) is 2. The van der Waals surface area contributed by atoms with Crippen LogP contribution < -0.4 is 19.7 Å². The molecule has 3 aromatic carbocycles. The number of carbonyl (C=O) groups excluding carboxylic acids is 1. The van der Waals surface area contributed by atoms with Crippen molar-refractivity contribution in [3.63, 3.8) is 0 Å². The van der Waals surface area contributed by atoms with E-state index in [2.05, 4.69) is 15.1 Å².